The Hall–Kier alpha value is -1.34. The predicted octanol–water partition coefficient (Wildman–Crippen LogP) is 1.34. The van der Waals surface area contributed by atoms with Gasteiger partial charge in [0.15, 0.2) is 5.96 Å². The summed E-state index contributed by atoms with van der Waals surface area (Å²) in [5.41, 5.74) is 0. The van der Waals surface area contributed by atoms with Crippen molar-refractivity contribution in [1.82, 2.24) is 15.1 Å². The third-order valence-electron chi connectivity index (χ3n) is 4.27. The molecule has 0 aliphatic carbocycles. The molecule has 0 saturated carbocycles. The molecule has 0 unspecified atom stereocenters. The molecule has 146 valence electrons. The molecule has 1 amide bonds. The molecular weight excluding hydrogens is 320 g/mol. The molecule has 1 aliphatic rings. The van der Waals surface area contributed by atoms with Gasteiger partial charge in [-0.25, -0.2) is 0 Å². The fraction of sp³-hybridized carbons (Fsp3) is 0.889. The van der Waals surface area contributed by atoms with Gasteiger partial charge in [0.25, 0.3) is 0 Å². The highest BCUT2D eigenvalue weighted by Crippen LogP contribution is 2.10. The number of hydrogen-bond acceptors (Lipinski definition) is 4. The number of rotatable bonds is 10. The van der Waals surface area contributed by atoms with Gasteiger partial charge in [0.05, 0.1) is 12.6 Å². The summed E-state index contributed by atoms with van der Waals surface area (Å²) >= 11 is 0. The molecule has 7 heteroatoms. The van der Waals surface area contributed by atoms with Gasteiger partial charge in [0.2, 0.25) is 5.91 Å². The number of nitrogens with one attached hydrogen (secondary N) is 1. The van der Waals surface area contributed by atoms with Gasteiger partial charge in [0, 0.05) is 53.0 Å². The largest absolute Gasteiger partial charge is 0.381 e. The van der Waals surface area contributed by atoms with Crippen LogP contribution in [0.2, 0.25) is 0 Å². The topological polar surface area (TPSA) is 66.4 Å². The van der Waals surface area contributed by atoms with E-state index in [1.54, 1.807) is 0 Å². The third kappa shape index (κ3) is 8.54. The van der Waals surface area contributed by atoms with E-state index in [0.717, 1.165) is 64.7 Å². The van der Waals surface area contributed by atoms with Crippen LogP contribution in [0, 0.1) is 0 Å². The minimum Gasteiger partial charge on any atom is -0.381 e. The molecule has 0 atom stereocenters. The number of carbonyl (C=O) groups excluding carboxylic acids is 1. The highest BCUT2D eigenvalue weighted by Gasteiger charge is 2.15. The maximum absolute atomic E-state index is 12.2. The van der Waals surface area contributed by atoms with E-state index in [9.17, 15) is 4.79 Å². The van der Waals surface area contributed by atoms with E-state index < -0.39 is 0 Å². The molecular formula is C18H36N4O3. The molecule has 0 bridgehead atoms. The van der Waals surface area contributed by atoms with E-state index in [2.05, 4.69) is 10.3 Å². The second kappa shape index (κ2) is 12.9. The Kier molecular flexibility index (Phi) is 11.2. The van der Waals surface area contributed by atoms with Crippen molar-refractivity contribution in [3.8, 4) is 0 Å². The SMILES string of the molecule is CCNC(=NCCCOC1CCOCC1)N(C)CC(=O)N(CC)CC. The number of amides is 1. The van der Waals surface area contributed by atoms with Crippen molar-refractivity contribution < 1.29 is 14.3 Å². The van der Waals surface area contributed by atoms with Gasteiger partial charge < -0.3 is 24.6 Å². The lowest BCUT2D eigenvalue weighted by molar-refractivity contribution is -0.131. The predicted molar refractivity (Wildman–Crippen MR) is 101 cm³/mol. The zero-order valence-corrected chi connectivity index (χ0v) is 16.4. The summed E-state index contributed by atoms with van der Waals surface area (Å²) in [7, 11) is 1.90. The van der Waals surface area contributed by atoms with E-state index >= 15 is 0 Å². The molecule has 1 fully saturated rings. The first kappa shape index (κ1) is 21.7. The Morgan fingerprint density at radius 1 is 1.24 bits per heavy atom. The first-order valence-electron chi connectivity index (χ1n) is 9.58. The van der Waals surface area contributed by atoms with E-state index in [-0.39, 0.29) is 5.91 Å². The number of ether oxygens (including phenoxy) is 2. The number of nitrogens with zero attached hydrogens (tertiary/aromatic N) is 3. The molecule has 1 rings (SSSR count). The van der Waals surface area contributed by atoms with Crippen LogP contribution in [0.1, 0.15) is 40.0 Å². The van der Waals surface area contributed by atoms with Crippen LogP contribution in [0.25, 0.3) is 0 Å². The standard InChI is InChI=1S/C18H36N4O3/c1-5-19-18(21(4)15-17(23)22(6-2)7-3)20-11-8-12-25-16-9-13-24-14-10-16/h16H,5-15H2,1-4H3,(H,19,20). The maximum Gasteiger partial charge on any atom is 0.242 e. The normalized spacial score (nSPS) is 15.9. The summed E-state index contributed by atoms with van der Waals surface area (Å²) in [6, 6.07) is 0. The zero-order chi connectivity index (χ0) is 18.5. The molecule has 1 heterocycles. The fourth-order valence-electron chi connectivity index (χ4n) is 2.77. The smallest absolute Gasteiger partial charge is 0.242 e. The monoisotopic (exact) mass is 356 g/mol. The molecule has 1 aliphatic heterocycles. The Morgan fingerprint density at radius 2 is 1.92 bits per heavy atom. The van der Waals surface area contributed by atoms with Crippen LogP contribution >= 0.6 is 0 Å². The van der Waals surface area contributed by atoms with Crippen LogP contribution in [0.15, 0.2) is 4.99 Å². The summed E-state index contributed by atoms with van der Waals surface area (Å²) in [6.45, 7) is 11.6. The van der Waals surface area contributed by atoms with Crippen LogP contribution in [-0.4, -0.2) is 87.4 Å². The quantitative estimate of drug-likeness (QED) is 0.363. The van der Waals surface area contributed by atoms with E-state index in [1.807, 2.05) is 37.6 Å². The molecule has 0 aromatic rings. The Balaban J connectivity index is 2.37. The summed E-state index contributed by atoms with van der Waals surface area (Å²) in [5.74, 6) is 0.898. The zero-order valence-electron chi connectivity index (χ0n) is 16.4. The average molecular weight is 357 g/mol. The lowest BCUT2D eigenvalue weighted by Gasteiger charge is -2.25. The van der Waals surface area contributed by atoms with Crippen molar-refractivity contribution in [3.05, 3.63) is 0 Å². The molecule has 25 heavy (non-hydrogen) atoms. The van der Waals surface area contributed by atoms with Crippen molar-refractivity contribution in [1.29, 1.82) is 0 Å². The second-order valence-electron chi connectivity index (χ2n) is 6.19. The van der Waals surface area contributed by atoms with Crippen LogP contribution in [0.4, 0.5) is 0 Å². The van der Waals surface area contributed by atoms with Gasteiger partial charge in [-0.15, -0.1) is 0 Å². The molecule has 1 saturated heterocycles. The second-order valence-corrected chi connectivity index (χ2v) is 6.19. The van der Waals surface area contributed by atoms with E-state index in [1.165, 1.54) is 0 Å². The fourth-order valence-corrected chi connectivity index (χ4v) is 2.77. The lowest BCUT2D eigenvalue weighted by Crippen LogP contribution is -2.45. The van der Waals surface area contributed by atoms with E-state index in [0.29, 0.717) is 19.2 Å². The van der Waals surface area contributed by atoms with Crippen LogP contribution in [-0.2, 0) is 14.3 Å². The highest BCUT2D eigenvalue weighted by molar-refractivity contribution is 5.86. The third-order valence-corrected chi connectivity index (χ3v) is 4.27. The maximum atomic E-state index is 12.2. The molecule has 0 spiro atoms. The molecule has 0 radical (unpaired) electrons. The average Bonchev–Trinajstić information content (AvgIpc) is 2.62. The minimum absolute atomic E-state index is 0.126. The summed E-state index contributed by atoms with van der Waals surface area (Å²) in [4.78, 5) is 20.6. The Labute approximate surface area is 152 Å². The van der Waals surface area contributed by atoms with Gasteiger partial charge in [-0.3, -0.25) is 9.79 Å². The van der Waals surface area contributed by atoms with Crippen LogP contribution in [0.3, 0.4) is 0 Å². The van der Waals surface area contributed by atoms with Crippen LogP contribution < -0.4 is 5.32 Å². The summed E-state index contributed by atoms with van der Waals surface area (Å²) in [6.07, 6.45) is 3.19. The number of carbonyl (C=O) groups is 1. The van der Waals surface area contributed by atoms with Gasteiger partial charge >= 0.3 is 0 Å². The molecule has 1 N–H and O–H groups in total. The van der Waals surface area contributed by atoms with Gasteiger partial charge in [-0.2, -0.15) is 0 Å². The molecule has 0 aromatic heterocycles. The number of aliphatic imine (C=N–C) groups is 1. The van der Waals surface area contributed by atoms with Crippen molar-refractivity contribution in [2.24, 2.45) is 4.99 Å². The van der Waals surface area contributed by atoms with Crippen LogP contribution in [0.5, 0.6) is 0 Å². The minimum atomic E-state index is 0.126. The lowest BCUT2D eigenvalue weighted by atomic mass is 10.1. The first-order valence-corrected chi connectivity index (χ1v) is 9.58. The Bertz CT molecular complexity index is 394. The first-order chi connectivity index (χ1) is 12.1. The van der Waals surface area contributed by atoms with Crippen molar-refractivity contribution in [2.45, 2.75) is 46.1 Å². The van der Waals surface area contributed by atoms with Crippen molar-refractivity contribution in [3.63, 3.8) is 0 Å². The summed E-state index contributed by atoms with van der Waals surface area (Å²) in [5, 5.41) is 3.25. The Morgan fingerprint density at radius 3 is 2.52 bits per heavy atom. The highest BCUT2D eigenvalue weighted by atomic mass is 16.5. The summed E-state index contributed by atoms with van der Waals surface area (Å²) < 4.78 is 11.2. The van der Waals surface area contributed by atoms with Crippen molar-refractivity contribution in [2.75, 3.05) is 59.6 Å². The molecule has 0 aromatic carbocycles. The van der Waals surface area contributed by atoms with Gasteiger partial charge in [-0.1, -0.05) is 0 Å². The number of hydrogen-bond donors (Lipinski definition) is 1. The number of likely N-dealkylation sites (N-methyl/N-ethyl adjacent to an activating group) is 2. The van der Waals surface area contributed by atoms with Gasteiger partial charge in [0.1, 0.15) is 0 Å². The molecule has 7 nitrogen and oxygen atoms in total. The van der Waals surface area contributed by atoms with Gasteiger partial charge in [-0.05, 0) is 40.0 Å². The van der Waals surface area contributed by atoms with Crippen molar-refractivity contribution >= 4 is 11.9 Å². The van der Waals surface area contributed by atoms with E-state index in [4.69, 9.17) is 9.47 Å². The number of guanidine groups is 1.